The molecule has 23 heavy (non-hydrogen) atoms. The van der Waals surface area contributed by atoms with Gasteiger partial charge in [-0.1, -0.05) is 12.1 Å². The van der Waals surface area contributed by atoms with Crippen molar-refractivity contribution in [2.24, 2.45) is 0 Å². The molecule has 0 aliphatic rings. The minimum atomic E-state index is 0.601. The summed E-state index contributed by atoms with van der Waals surface area (Å²) in [6.07, 6.45) is 1.74. The van der Waals surface area contributed by atoms with Gasteiger partial charge in [-0.25, -0.2) is 9.97 Å². The van der Waals surface area contributed by atoms with Gasteiger partial charge in [0, 0.05) is 11.6 Å². The topological polar surface area (TPSA) is 56.3 Å². The summed E-state index contributed by atoms with van der Waals surface area (Å²) in [7, 11) is 1.66. The Morgan fingerprint density at radius 1 is 1.09 bits per heavy atom. The van der Waals surface area contributed by atoms with Crippen LogP contribution in [0.25, 0.3) is 11.0 Å². The third-order valence-electron chi connectivity index (χ3n) is 3.55. The van der Waals surface area contributed by atoms with Crippen molar-refractivity contribution in [2.45, 2.75) is 13.8 Å². The minimum absolute atomic E-state index is 0.601. The molecule has 0 saturated heterocycles. The zero-order valence-corrected chi connectivity index (χ0v) is 13.5. The van der Waals surface area contributed by atoms with Gasteiger partial charge in [0.05, 0.1) is 30.8 Å². The first-order valence-electron chi connectivity index (χ1n) is 7.52. The summed E-state index contributed by atoms with van der Waals surface area (Å²) in [5.74, 6) is 1.55. The molecule has 5 nitrogen and oxygen atoms in total. The summed E-state index contributed by atoms with van der Waals surface area (Å²) in [5, 5.41) is 4.30. The molecule has 0 radical (unpaired) electrons. The molecular formula is C18H19N3O2. The van der Waals surface area contributed by atoms with E-state index in [1.54, 1.807) is 13.3 Å². The van der Waals surface area contributed by atoms with Gasteiger partial charge in [0.25, 0.3) is 0 Å². The normalized spacial score (nSPS) is 10.6. The molecule has 0 aliphatic heterocycles. The van der Waals surface area contributed by atoms with E-state index in [2.05, 4.69) is 15.3 Å². The van der Waals surface area contributed by atoms with Crippen LogP contribution in [-0.2, 0) is 0 Å². The first-order valence-corrected chi connectivity index (χ1v) is 7.52. The first-order chi connectivity index (χ1) is 11.2. The molecule has 1 N–H and O–H groups in total. The molecule has 0 spiro atoms. The fraction of sp³-hybridized carbons (Fsp3) is 0.222. The molecule has 0 unspecified atom stereocenters. The van der Waals surface area contributed by atoms with Crippen LogP contribution in [0.4, 0.5) is 11.4 Å². The lowest BCUT2D eigenvalue weighted by Gasteiger charge is -2.14. The van der Waals surface area contributed by atoms with Crippen LogP contribution in [0.1, 0.15) is 12.6 Å². The monoisotopic (exact) mass is 309 g/mol. The van der Waals surface area contributed by atoms with Crippen molar-refractivity contribution >= 4 is 22.4 Å². The summed E-state index contributed by atoms with van der Waals surface area (Å²) < 4.78 is 11.0. The van der Waals surface area contributed by atoms with Gasteiger partial charge in [-0.15, -0.1) is 0 Å². The smallest absolute Gasteiger partial charge is 0.161 e. The van der Waals surface area contributed by atoms with Crippen LogP contribution < -0.4 is 14.8 Å². The third-order valence-corrected chi connectivity index (χ3v) is 3.55. The number of para-hydroxylation sites is 2. The lowest BCUT2D eigenvalue weighted by molar-refractivity contribution is 0.337. The number of methoxy groups -OCH3 is 1. The second kappa shape index (κ2) is 6.52. The van der Waals surface area contributed by atoms with Crippen LogP contribution >= 0.6 is 0 Å². The fourth-order valence-electron chi connectivity index (χ4n) is 2.45. The number of fused-ring (bicyclic) bond motifs is 1. The third kappa shape index (κ3) is 3.04. The van der Waals surface area contributed by atoms with Crippen LogP contribution in [0.3, 0.4) is 0 Å². The number of nitrogens with zero attached hydrogens (tertiary/aromatic N) is 2. The zero-order chi connectivity index (χ0) is 16.2. The highest BCUT2D eigenvalue weighted by Gasteiger charge is 2.10. The largest absolute Gasteiger partial charge is 0.495 e. The molecule has 0 fully saturated rings. The number of benzene rings is 1. The predicted molar refractivity (Wildman–Crippen MR) is 91.7 cm³/mol. The fourth-order valence-corrected chi connectivity index (χ4v) is 2.45. The molecule has 2 aromatic heterocycles. The summed E-state index contributed by atoms with van der Waals surface area (Å²) in [4.78, 5) is 8.88. The summed E-state index contributed by atoms with van der Waals surface area (Å²) >= 11 is 0. The van der Waals surface area contributed by atoms with Gasteiger partial charge in [-0.05, 0) is 38.1 Å². The van der Waals surface area contributed by atoms with Crippen molar-refractivity contribution in [1.29, 1.82) is 0 Å². The number of hydrogen-bond acceptors (Lipinski definition) is 5. The predicted octanol–water partition coefficient (Wildman–Crippen LogP) is 4.09. The highest BCUT2D eigenvalue weighted by atomic mass is 16.5. The summed E-state index contributed by atoms with van der Waals surface area (Å²) in [6.45, 7) is 4.48. The van der Waals surface area contributed by atoms with Crippen molar-refractivity contribution < 1.29 is 9.47 Å². The number of rotatable bonds is 5. The Kier molecular flexibility index (Phi) is 4.28. The average Bonchev–Trinajstić information content (AvgIpc) is 2.57. The van der Waals surface area contributed by atoms with E-state index in [1.807, 2.05) is 50.2 Å². The molecule has 0 atom stereocenters. The van der Waals surface area contributed by atoms with Crippen LogP contribution in [0.2, 0.25) is 0 Å². The molecule has 0 aliphatic carbocycles. The van der Waals surface area contributed by atoms with Crippen molar-refractivity contribution in [3.05, 3.63) is 48.3 Å². The lowest BCUT2D eigenvalue weighted by Crippen LogP contribution is -2.00. The summed E-state index contributed by atoms with van der Waals surface area (Å²) in [5.41, 5.74) is 3.32. The van der Waals surface area contributed by atoms with Gasteiger partial charge in [-0.3, -0.25) is 0 Å². The number of aryl methyl sites for hydroxylation is 1. The number of hydrogen-bond donors (Lipinski definition) is 1. The van der Waals surface area contributed by atoms with Gasteiger partial charge in [0.15, 0.2) is 5.65 Å². The SMILES string of the molecule is CCOc1cc2c(Nc3ccccc3OC)ccnc2nc1C. The Labute approximate surface area is 135 Å². The summed E-state index contributed by atoms with van der Waals surface area (Å²) in [6, 6.07) is 11.7. The van der Waals surface area contributed by atoms with Gasteiger partial charge in [0.1, 0.15) is 11.5 Å². The van der Waals surface area contributed by atoms with Crippen molar-refractivity contribution in [3.63, 3.8) is 0 Å². The maximum Gasteiger partial charge on any atom is 0.161 e. The van der Waals surface area contributed by atoms with Crippen LogP contribution in [0.15, 0.2) is 42.6 Å². The van der Waals surface area contributed by atoms with E-state index in [0.717, 1.165) is 34.0 Å². The van der Waals surface area contributed by atoms with E-state index in [9.17, 15) is 0 Å². The van der Waals surface area contributed by atoms with Gasteiger partial charge < -0.3 is 14.8 Å². The first kappa shape index (κ1) is 15.1. The Hall–Kier alpha value is -2.82. The van der Waals surface area contributed by atoms with E-state index < -0.39 is 0 Å². The molecule has 5 heteroatoms. The molecular weight excluding hydrogens is 290 g/mol. The Morgan fingerprint density at radius 2 is 1.91 bits per heavy atom. The lowest BCUT2D eigenvalue weighted by atomic mass is 10.2. The molecule has 118 valence electrons. The maximum absolute atomic E-state index is 5.65. The van der Waals surface area contributed by atoms with Crippen molar-refractivity contribution in [2.75, 3.05) is 19.0 Å². The van der Waals surface area contributed by atoms with E-state index in [-0.39, 0.29) is 0 Å². The molecule has 1 aromatic carbocycles. The minimum Gasteiger partial charge on any atom is -0.495 e. The van der Waals surface area contributed by atoms with E-state index in [1.165, 1.54) is 0 Å². The van der Waals surface area contributed by atoms with Gasteiger partial charge in [-0.2, -0.15) is 0 Å². The second-order valence-electron chi connectivity index (χ2n) is 5.06. The standard InChI is InChI=1S/C18H19N3O2/c1-4-23-17-11-13-14(9-10-19-18(13)20-12(17)2)21-15-7-5-6-8-16(15)22-3/h5-11H,4H2,1-3H3,(H,19,20,21). The molecule has 0 saturated carbocycles. The highest BCUT2D eigenvalue weighted by molar-refractivity contribution is 5.92. The second-order valence-corrected chi connectivity index (χ2v) is 5.06. The average molecular weight is 309 g/mol. The number of nitrogens with one attached hydrogen (secondary N) is 1. The Balaban J connectivity index is 2.08. The van der Waals surface area contributed by atoms with E-state index in [0.29, 0.717) is 12.3 Å². The van der Waals surface area contributed by atoms with E-state index >= 15 is 0 Å². The van der Waals surface area contributed by atoms with Crippen molar-refractivity contribution in [1.82, 2.24) is 9.97 Å². The number of pyridine rings is 2. The molecule has 3 rings (SSSR count). The van der Waals surface area contributed by atoms with E-state index in [4.69, 9.17) is 9.47 Å². The quantitative estimate of drug-likeness (QED) is 0.769. The molecule has 0 bridgehead atoms. The van der Waals surface area contributed by atoms with Crippen LogP contribution in [-0.4, -0.2) is 23.7 Å². The molecule has 0 amide bonds. The maximum atomic E-state index is 5.65. The van der Waals surface area contributed by atoms with Crippen LogP contribution in [0.5, 0.6) is 11.5 Å². The number of anilines is 2. The highest BCUT2D eigenvalue weighted by Crippen LogP contribution is 2.32. The van der Waals surface area contributed by atoms with Gasteiger partial charge in [0.2, 0.25) is 0 Å². The Morgan fingerprint density at radius 3 is 2.70 bits per heavy atom. The molecule has 3 aromatic rings. The van der Waals surface area contributed by atoms with Crippen molar-refractivity contribution in [3.8, 4) is 11.5 Å². The van der Waals surface area contributed by atoms with Crippen LogP contribution in [0, 0.1) is 6.92 Å². The molecule has 2 heterocycles. The Bertz CT molecular complexity index is 834. The number of ether oxygens (including phenoxy) is 2. The van der Waals surface area contributed by atoms with Gasteiger partial charge >= 0.3 is 0 Å². The number of aromatic nitrogens is 2. The zero-order valence-electron chi connectivity index (χ0n) is 13.5.